The van der Waals surface area contributed by atoms with Crippen molar-refractivity contribution in [1.82, 2.24) is 10.2 Å². The number of ether oxygens (including phenoxy) is 2. The average molecular weight is 308 g/mol. The maximum atomic E-state index is 5.73. The fourth-order valence-electron chi connectivity index (χ4n) is 3.44. The van der Waals surface area contributed by atoms with Crippen molar-refractivity contribution in [3.8, 4) is 0 Å². The largest absolute Gasteiger partial charge is 0.465 e. The number of hydrogen-bond donors (Lipinski definition) is 1. The van der Waals surface area contributed by atoms with Gasteiger partial charge in [-0.3, -0.25) is 4.90 Å². The van der Waals surface area contributed by atoms with Gasteiger partial charge in [0.05, 0.1) is 25.9 Å². The van der Waals surface area contributed by atoms with Gasteiger partial charge in [-0.1, -0.05) is 0 Å². The van der Waals surface area contributed by atoms with E-state index < -0.39 is 0 Å². The summed E-state index contributed by atoms with van der Waals surface area (Å²) in [5.41, 5.74) is 0. The van der Waals surface area contributed by atoms with E-state index in [4.69, 9.17) is 13.9 Å². The Balaban J connectivity index is 1.59. The van der Waals surface area contributed by atoms with Gasteiger partial charge in [0.15, 0.2) is 0 Å². The topological polar surface area (TPSA) is 46.9 Å². The molecule has 0 aromatic carbocycles. The Morgan fingerprint density at radius 1 is 1.23 bits per heavy atom. The van der Waals surface area contributed by atoms with E-state index in [9.17, 15) is 0 Å². The Labute approximate surface area is 132 Å². The lowest BCUT2D eigenvalue weighted by Crippen LogP contribution is -2.51. The van der Waals surface area contributed by atoms with Crippen molar-refractivity contribution in [2.24, 2.45) is 5.92 Å². The smallest absolute Gasteiger partial charge is 0.120 e. The van der Waals surface area contributed by atoms with E-state index >= 15 is 0 Å². The molecule has 0 amide bonds. The van der Waals surface area contributed by atoms with Crippen molar-refractivity contribution in [2.75, 3.05) is 46.1 Å². The van der Waals surface area contributed by atoms with Crippen molar-refractivity contribution >= 4 is 0 Å². The first-order valence-electron chi connectivity index (χ1n) is 8.43. The highest BCUT2D eigenvalue weighted by Gasteiger charge is 2.31. The fraction of sp³-hybridized carbons (Fsp3) is 0.765. The molecule has 0 aliphatic carbocycles. The summed E-state index contributed by atoms with van der Waals surface area (Å²) in [5, 5.41) is 3.65. The van der Waals surface area contributed by atoms with Crippen molar-refractivity contribution in [3.63, 3.8) is 0 Å². The van der Waals surface area contributed by atoms with Crippen LogP contribution >= 0.6 is 0 Å². The number of rotatable bonds is 6. The molecule has 0 radical (unpaired) electrons. The van der Waals surface area contributed by atoms with Crippen LogP contribution in [0.25, 0.3) is 0 Å². The van der Waals surface area contributed by atoms with Gasteiger partial charge in [-0.05, 0) is 32.4 Å². The minimum absolute atomic E-state index is 0.236. The fourth-order valence-corrected chi connectivity index (χ4v) is 3.44. The van der Waals surface area contributed by atoms with Crippen LogP contribution < -0.4 is 5.32 Å². The second kappa shape index (κ2) is 7.59. The number of nitrogens with one attached hydrogen (secondary N) is 1. The summed E-state index contributed by atoms with van der Waals surface area (Å²) in [7, 11) is 0. The lowest BCUT2D eigenvalue weighted by molar-refractivity contribution is 0.000773. The highest BCUT2D eigenvalue weighted by Crippen LogP contribution is 2.23. The number of aryl methyl sites for hydroxylation is 1. The van der Waals surface area contributed by atoms with Crippen LogP contribution in [0.2, 0.25) is 0 Å². The maximum Gasteiger partial charge on any atom is 0.120 e. The molecule has 5 nitrogen and oxygen atoms in total. The van der Waals surface area contributed by atoms with Crippen LogP contribution in [0.5, 0.6) is 0 Å². The van der Waals surface area contributed by atoms with Gasteiger partial charge in [0.2, 0.25) is 0 Å². The predicted octanol–water partition coefficient (Wildman–Crippen LogP) is 1.98. The van der Waals surface area contributed by atoms with E-state index in [0.29, 0.717) is 12.0 Å². The molecule has 3 atom stereocenters. The van der Waals surface area contributed by atoms with E-state index in [2.05, 4.69) is 23.2 Å². The molecule has 2 aliphatic rings. The molecule has 2 saturated heterocycles. The number of morpholine rings is 1. The summed E-state index contributed by atoms with van der Waals surface area (Å²) >= 11 is 0. The monoisotopic (exact) mass is 308 g/mol. The summed E-state index contributed by atoms with van der Waals surface area (Å²) in [6, 6.07) is 4.84. The van der Waals surface area contributed by atoms with E-state index in [1.807, 2.05) is 13.0 Å². The lowest BCUT2D eigenvalue weighted by Gasteiger charge is -2.38. The molecule has 1 aromatic heterocycles. The van der Waals surface area contributed by atoms with Gasteiger partial charge in [-0.25, -0.2) is 0 Å². The Kier molecular flexibility index (Phi) is 5.52. The van der Waals surface area contributed by atoms with Gasteiger partial charge in [0, 0.05) is 38.2 Å². The molecule has 1 N–H and O–H groups in total. The quantitative estimate of drug-likeness (QED) is 0.871. The Morgan fingerprint density at radius 2 is 2.05 bits per heavy atom. The van der Waals surface area contributed by atoms with Gasteiger partial charge >= 0.3 is 0 Å². The second-order valence-electron chi connectivity index (χ2n) is 6.42. The first-order chi connectivity index (χ1) is 10.7. The summed E-state index contributed by atoms with van der Waals surface area (Å²) < 4.78 is 16.8. The zero-order valence-electron chi connectivity index (χ0n) is 13.7. The zero-order valence-corrected chi connectivity index (χ0v) is 13.7. The van der Waals surface area contributed by atoms with Crippen LogP contribution in [0.4, 0.5) is 0 Å². The average Bonchev–Trinajstić information content (AvgIpc) is 3.20. The number of furan rings is 1. The standard InChI is InChI=1S/C17H28N2O3/c1-13-3-4-17(22-13)14(2)18-11-16(15-5-8-21-12-15)19-6-9-20-10-7-19/h3-4,14-16,18H,5-12H2,1-2H3. The van der Waals surface area contributed by atoms with Gasteiger partial charge in [-0.2, -0.15) is 0 Å². The third-order valence-corrected chi connectivity index (χ3v) is 4.84. The van der Waals surface area contributed by atoms with Crippen LogP contribution in [0, 0.1) is 12.8 Å². The Morgan fingerprint density at radius 3 is 2.68 bits per heavy atom. The molecule has 3 heterocycles. The number of nitrogens with zero attached hydrogens (tertiary/aromatic N) is 1. The van der Waals surface area contributed by atoms with E-state index in [0.717, 1.165) is 64.0 Å². The predicted molar refractivity (Wildman–Crippen MR) is 85.0 cm³/mol. The Hall–Kier alpha value is -0.880. The molecule has 5 heteroatoms. The molecule has 2 aliphatic heterocycles. The minimum atomic E-state index is 0.236. The normalized spacial score (nSPS) is 26.2. The van der Waals surface area contributed by atoms with E-state index in [1.54, 1.807) is 0 Å². The summed E-state index contributed by atoms with van der Waals surface area (Å²) in [4.78, 5) is 2.57. The summed E-state index contributed by atoms with van der Waals surface area (Å²) in [6.07, 6.45) is 1.16. The van der Waals surface area contributed by atoms with Crippen molar-refractivity contribution < 1.29 is 13.9 Å². The molecule has 0 saturated carbocycles. The second-order valence-corrected chi connectivity index (χ2v) is 6.42. The molecule has 3 unspecified atom stereocenters. The maximum absolute atomic E-state index is 5.73. The molecule has 3 rings (SSSR count). The van der Waals surface area contributed by atoms with Crippen molar-refractivity contribution in [3.05, 3.63) is 23.7 Å². The van der Waals surface area contributed by atoms with Crippen LogP contribution in [0.15, 0.2) is 16.5 Å². The SMILES string of the molecule is Cc1ccc(C(C)NCC(C2CCOC2)N2CCOCC2)o1. The zero-order chi connectivity index (χ0) is 15.4. The molecular formula is C17H28N2O3. The lowest BCUT2D eigenvalue weighted by atomic mass is 9.96. The summed E-state index contributed by atoms with van der Waals surface area (Å²) in [5.74, 6) is 2.61. The van der Waals surface area contributed by atoms with Gasteiger partial charge in [-0.15, -0.1) is 0 Å². The van der Waals surface area contributed by atoms with Gasteiger partial charge in [0.25, 0.3) is 0 Å². The number of hydrogen-bond acceptors (Lipinski definition) is 5. The highest BCUT2D eigenvalue weighted by molar-refractivity contribution is 5.09. The van der Waals surface area contributed by atoms with Gasteiger partial charge in [0.1, 0.15) is 11.5 Å². The highest BCUT2D eigenvalue weighted by atomic mass is 16.5. The van der Waals surface area contributed by atoms with Crippen LogP contribution in [0.3, 0.4) is 0 Å². The van der Waals surface area contributed by atoms with Gasteiger partial charge < -0.3 is 19.2 Å². The minimum Gasteiger partial charge on any atom is -0.465 e. The molecule has 2 fully saturated rings. The molecule has 1 aromatic rings. The first-order valence-corrected chi connectivity index (χ1v) is 8.43. The first kappa shape index (κ1) is 16.0. The van der Waals surface area contributed by atoms with E-state index in [1.165, 1.54) is 0 Å². The Bertz CT molecular complexity index is 451. The van der Waals surface area contributed by atoms with Crippen LogP contribution in [0.1, 0.15) is 30.9 Å². The third-order valence-electron chi connectivity index (χ3n) is 4.84. The van der Waals surface area contributed by atoms with Crippen LogP contribution in [-0.4, -0.2) is 57.0 Å². The molecule has 0 bridgehead atoms. The third kappa shape index (κ3) is 3.90. The van der Waals surface area contributed by atoms with Crippen molar-refractivity contribution in [2.45, 2.75) is 32.4 Å². The van der Waals surface area contributed by atoms with Crippen LogP contribution in [-0.2, 0) is 9.47 Å². The summed E-state index contributed by atoms with van der Waals surface area (Å²) in [6.45, 7) is 10.6. The molecule has 124 valence electrons. The molecule has 22 heavy (non-hydrogen) atoms. The molecular weight excluding hydrogens is 280 g/mol. The molecule has 0 spiro atoms. The van der Waals surface area contributed by atoms with E-state index in [-0.39, 0.29) is 6.04 Å². The van der Waals surface area contributed by atoms with Crippen molar-refractivity contribution in [1.29, 1.82) is 0 Å².